The quantitative estimate of drug-likeness (QED) is 0.817. The Labute approximate surface area is 127 Å². The molecule has 1 atom stereocenters. The molecule has 0 saturated heterocycles. The van der Waals surface area contributed by atoms with Crippen LogP contribution < -0.4 is 11.1 Å². The summed E-state index contributed by atoms with van der Waals surface area (Å²) in [6, 6.07) is 8.22. The number of hydrogen-bond acceptors (Lipinski definition) is 3. The second-order valence-corrected chi connectivity index (χ2v) is 5.82. The Morgan fingerprint density at radius 2 is 2.10 bits per heavy atom. The molecule has 0 spiro atoms. The third-order valence-electron chi connectivity index (χ3n) is 3.86. The lowest BCUT2D eigenvalue weighted by molar-refractivity contribution is -0.117. The van der Waals surface area contributed by atoms with E-state index in [0.29, 0.717) is 19.0 Å². The molecular formula is C17H25N3O. The van der Waals surface area contributed by atoms with Crippen LogP contribution in [0.2, 0.25) is 0 Å². The number of benzene rings is 1. The molecule has 1 aromatic rings. The molecule has 4 heteroatoms. The molecule has 0 bridgehead atoms. The number of carbonyl (C=O) groups excluding carboxylic acids is 1. The highest BCUT2D eigenvalue weighted by Crippen LogP contribution is 2.17. The standard InChI is InChI=1S/C17H25N3O/c1-13(2)14-6-8-15(9-7-14)19-17(21)12-20-10-4-3-5-16(20)11-18/h3,5-9,13,16H,4,10-12,18H2,1-2H3,(H,19,21). The van der Waals surface area contributed by atoms with Gasteiger partial charge in [0.15, 0.2) is 0 Å². The summed E-state index contributed by atoms with van der Waals surface area (Å²) in [6.07, 6.45) is 5.21. The molecule has 1 aliphatic heterocycles. The lowest BCUT2D eigenvalue weighted by Crippen LogP contribution is -2.45. The van der Waals surface area contributed by atoms with Gasteiger partial charge < -0.3 is 11.1 Å². The smallest absolute Gasteiger partial charge is 0.238 e. The number of hydrogen-bond donors (Lipinski definition) is 2. The van der Waals surface area contributed by atoms with E-state index in [2.05, 4.69) is 48.3 Å². The maximum Gasteiger partial charge on any atom is 0.238 e. The van der Waals surface area contributed by atoms with Crippen molar-refractivity contribution in [2.75, 3.05) is 25.0 Å². The van der Waals surface area contributed by atoms with Gasteiger partial charge in [0.25, 0.3) is 0 Å². The molecule has 1 amide bonds. The highest BCUT2D eigenvalue weighted by molar-refractivity contribution is 5.92. The number of carbonyl (C=O) groups is 1. The van der Waals surface area contributed by atoms with Gasteiger partial charge in [-0.25, -0.2) is 0 Å². The monoisotopic (exact) mass is 287 g/mol. The molecule has 0 fully saturated rings. The summed E-state index contributed by atoms with van der Waals surface area (Å²) in [5.41, 5.74) is 7.87. The van der Waals surface area contributed by atoms with Gasteiger partial charge in [-0.2, -0.15) is 0 Å². The first-order chi connectivity index (χ1) is 10.1. The van der Waals surface area contributed by atoms with Crippen LogP contribution in [0.25, 0.3) is 0 Å². The van der Waals surface area contributed by atoms with Gasteiger partial charge in [0.1, 0.15) is 0 Å². The molecule has 114 valence electrons. The maximum absolute atomic E-state index is 12.1. The van der Waals surface area contributed by atoms with Crippen LogP contribution in [0.1, 0.15) is 31.7 Å². The topological polar surface area (TPSA) is 58.4 Å². The van der Waals surface area contributed by atoms with Crippen molar-refractivity contribution in [3.63, 3.8) is 0 Å². The molecule has 1 unspecified atom stereocenters. The van der Waals surface area contributed by atoms with Crippen LogP contribution in [-0.2, 0) is 4.79 Å². The highest BCUT2D eigenvalue weighted by atomic mass is 16.2. The van der Waals surface area contributed by atoms with Crippen LogP contribution in [0.5, 0.6) is 0 Å². The summed E-state index contributed by atoms with van der Waals surface area (Å²) < 4.78 is 0. The largest absolute Gasteiger partial charge is 0.329 e. The average molecular weight is 287 g/mol. The summed E-state index contributed by atoms with van der Waals surface area (Å²) in [5.74, 6) is 0.515. The van der Waals surface area contributed by atoms with E-state index in [0.717, 1.165) is 18.7 Å². The molecule has 1 aromatic carbocycles. The zero-order valence-corrected chi connectivity index (χ0v) is 12.9. The Kier molecular flexibility index (Phi) is 5.53. The molecule has 0 aliphatic carbocycles. The molecule has 1 aliphatic rings. The van der Waals surface area contributed by atoms with Crippen molar-refractivity contribution in [1.82, 2.24) is 4.90 Å². The van der Waals surface area contributed by atoms with Crippen molar-refractivity contribution in [2.45, 2.75) is 32.2 Å². The lowest BCUT2D eigenvalue weighted by Gasteiger charge is -2.30. The fraction of sp³-hybridized carbons (Fsp3) is 0.471. The Balaban J connectivity index is 1.90. The minimum absolute atomic E-state index is 0.0149. The van der Waals surface area contributed by atoms with Crippen molar-refractivity contribution in [1.29, 1.82) is 0 Å². The molecule has 4 nitrogen and oxygen atoms in total. The van der Waals surface area contributed by atoms with Crippen molar-refractivity contribution in [3.05, 3.63) is 42.0 Å². The molecule has 0 radical (unpaired) electrons. The molecule has 0 saturated carbocycles. The summed E-state index contributed by atoms with van der Waals surface area (Å²) >= 11 is 0. The van der Waals surface area contributed by atoms with Crippen LogP contribution in [-0.4, -0.2) is 36.5 Å². The number of nitrogens with zero attached hydrogens (tertiary/aromatic N) is 1. The van der Waals surface area contributed by atoms with Crippen LogP contribution in [0.15, 0.2) is 36.4 Å². The Bertz CT molecular complexity index is 493. The molecule has 2 rings (SSSR count). The van der Waals surface area contributed by atoms with Gasteiger partial charge >= 0.3 is 0 Å². The van der Waals surface area contributed by atoms with Gasteiger partial charge in [-0.1, -0.05) is 38.1 Å². The molecular weight excluding hydrogens is 262 g/mol. The summed E-state index contributed by atoms with van der Waals surface area (Å²) in [5, 5.41) is 2.95. The Hall–Kier alpha value is -1.65. The highest BCUT2D eigenvalue weighted by Gasteiger charge is 2.19. The Morgan fingerprint density at radius 3 is 2.71 bits per heavy atom. The SMILES string of the molecule is CC(C)c1ccc(NC(=O)CN2CCC=CC2CN)cc1. The Morgan fingerprint density at radius 1 is 1.38 bits per heavy atom. The fourth-order valence-corrected chi connectivity index (χ4v) is 2.54. The van der Waals surface area contributed by atoms with Crippen LogP contribution in [0.4, 0.5) is 5.69 Å². The van der Waals surface area contributed by atoms with Crippen LogP contribution >= 0.6 is 0 Å². The molecule has 21 heavy (non-hydrogen) atoms. The summed E-state index contributed by atoms with van der Waals surface area (Å²) in [4.78, 5) is 14.3. The third kappa shape index (κ3) is 4.41. The van der Waals surface area contributed by atoms with Crippen molar-refractivity contribution in [2.24, 2.45) is 5.73 Å². The predicted octanol–water partition coefficient (Wildman–Crippen LogP) is 2.34. The third-order valence-corrected chi connectivity index (χ3v) is 3.86. The molecule has 0 aromatic heterocycles. The summed E-state index contributed by atoms with van der Waals surface area (Å²) in [6.45, 7) is 6.14. The lowest BCUT2D eigenvalue weighted by atomic mass is 10.0. The zero-order chi connectivity index (χ0) is 15.2. The molecule has 1 heterocycles. The van der Waals surface area contributed by atoms with Gasteiger partial charge in [0.2, 0.25) is 5.91 Å². The fourth-order valence-electron chi connectivity index (χ4n) is 2.54. The second-order valence-electron chi connectivity index (χ2n) is 5.82. The number of amides is 1. The van der Waals surface area contributed by atoms with Crippen molar-refractivity contribution < 1.29 is 4.79 Å². The first-order valence-electron chi connectivity index (χ1n) is 7.60. The van der Waals surface area contributed by atoms with E-state index in [-0.39, 0.29) is 11.9 Å². The maximum atomic E-state index is 12.1. The van der Waals surface area contributed by atoms with Crippen molar-refractivity contribution in [3.8, 4) is 0 Å². The van der Waals surface area contributed by atoms with E-state index in [1.54, 1.807) is 0 Å². The summed E-state index contributed by atoms with van der Waals surface area (Å²) in [7, 11) is 0. The van der Waals surface area contributed by atoms with Gasteiger partial charge in [-0.15, -0.1) is 0 Å². The first-order valence-corrected chi connectivity index (χ1v) is 7.60. The second kappa shape index (κ2) is 7.38. The van der Waals surface area contributed by atoms with Gasteiger partial charge in [0.05, 0.1) is 6.54 Å². The first kappa shape index (κ1) is 15.7. The number of nitrogens with one attached hydrogen (secondary N) is 1. The molecule has 3 N–H and O–H groups in total. The minimum Gasteiger partial charge on any atom is -0.329 e. The van der Waals surface area contributed by atoms with E-state index in [9.17, 15) is 4.79 Å². The number of nitrogens with two attached hydrogens (primary N) is 1. The normalized spacial score (nSPS) is 19.0. The van der Waals surface area contributed by atoms with Gasteiger partial charge in [-0.3, -0.25) is 9.69 Å². The predicted molar refractivity (Wildman–Crippen MR) is 87.3 cm³/mol. The zero-order valence-electron chi connectivity index (χ0n) is 12.9. The van der Waals surface area contributed by atoms with E-state index in [4.69, 9.17) is 5.73 Å². The van der Waals surface area contributed by atoms with Gasteiger partial charge in [-0.05, 0) is 30.0 Å². The van der Waals surface area contributed by atoms with Crippen molar-refractivity contribution >= 4 is 11.6 Å². The minimum atomic E-state index is 0.0149. The number of rotatable bonds is 5. The van der Waals surface area contributed by atoms with E-state index >= 15 is 0 Å². The van der Waals surface area contributed by atoms with Crippen LogP contribution in [0.3, 0.4) is 0 Å². The number of anilines is 1. The van der Waals surface area contributed by atoms with E-state index in [1.807, 2.05) is 12.1 Å². The van der Waals surface area contributed by atoms with E-state index in [1.165, 1.54) is 5.56 Å². The van der Waals surface area contributed by atoms with E-state index < -0.39 is 0 Å². The van der Waals surface area contributed by atoms with Crippen LogP contribution in [0, 0.1) is 0 Å². The average Bonchev–Trinajstić information content (AvgIpc) is 2.48. The van der Waals surface area contributed by atoms with Gasteiger partial charge in [0, 0.05) is 24.8 Å².